The van der Waals surface area contributed by atoms with Crippen molar-refractivity contribution in [3.63, 3.8) is 0 Å². The second kappa shape index (κ2) is 7.89. The standard InChI is InChI=1S/C15H22N2OS/c1-4-5-10-16-15(19)17-14(18)13-8-6-12(7-9-13)11(2)3/h6-9,11H,4-5,10H2,1-3H3,(H2,16,17,18,19). The summed E-state index contributed by atoms with van der Waals surface area (Å²) < 4.78 is 0. The third kappa shape index (κ3) is 5.39. The van der Waals surface area contributed by atoms with Gasteiger partial charge in [0, 0.05) is 12.1 Å². The Hall–Kier alpha value is -1.42. The zero-order valence-corrected chi connectivity index (χ0v) is 12.6. The molecule has 1 amide bonds. The van der Waals surface area contributed by atoms with E-state index in [9.17, 15) is 4.79 Å². The van der Waals surface area contributed by atoms with Crippen molar-refractivity contribution >= 4 is 23.2 Å². The van der Waals surface area contributed by atoms with E-state index >= 15 is 0 Å². The topological polar surface area (TPSA) is 41.1 Å². The lowest BCUT2D eigenvalue weighted by atomic mass is 10.0. The molecule has 0 heterocycles. The number of rotatable bonds is 5. The molecule has 0 aromatic heterocycles. The first-order chi connectivity index (χ1) is 9.04. The molecule has 1 aromatic carbocycles. The Morgan fingerprint density at radius 3 is 2.42 bits per heavy atom. The van der Waals surface area contributed by atoms with Crippen LogP contribution in [0.5, 0.6) is 0 Å². The van der Waals surface area contributed by atoms with Crippen LogP contribution in [0.3, 0.4) is 0 Å². The van der Waals surface area contributed by atoms with E-state index in [0.717, 1.165) is 19.4 Å². The van der Waals surface area contributed by atoms with E-state index in [0.29, 0.717) is 16.6 Å². The Morgan fingerprint density at radius 1 is 1.26 bits per heavy atom. The van der Waals surface area contributed by atoms with Gasteiger partial charge in [-0.15, -0.1) is 0 Å². The van der Waals surface area contributed by atoms with E-state index in [-0.39, 0.29) is 5.91 Å². The van der Waals surface area contributed by atoms with E-state index in [4.69, 9.17) is 12.2 Å². The lowest BCUT2D eigenvalue weighted by molar-refractivity contribution is 0.0976. The fraction of sp³-hybridized carbons (Fsp3) is 0.467. The van der Waals surface area contributed by atoms with Crippen LogP contribution in [0.15, 0.2) is 24.3 Å². The summed E-state index contributed by atoms with van der Waals surface area (Å²) in [6.07, 6.45) is 2.14. The molecule has 1 rings (SSSR count). The summed E-state index contributed by atoms with van der Waals surface area (Å²) >= 11 is 5.07. The zero-order valence-electron chi connectivity index (χ0n) is 11.8. The van der Waals surface area contributed by atoms with Gasteiger partial charge < -0.3 is 5.32 Å². The number of nitrogens with one attached hydrogen (secondary N) is 2. The molecule has 0 aliphatic heterocycles. The number of hydrogen-bond acceptors (Lipinski definition) is 2. The summed E-state index contributed by atoms with van der Waals surface area (Å²) in [5.74, 6) is 0.304. The molecule has 19 heavy (non-hydrogen) atoms. The van der Waals surface area contributed by atoms with Crippen molar-refractivity contribution in [2.24, 2.45) is 0 Å². The molecule has 0 unspecified atom stereocenters. The van der Waals surface area contributed by atoms with Crippen LogP contribution in [0.4, 0.5) is 0 Å². The third-order valence-corrected chi connectivity index (χ3v) is 3.13. The Morgan fingerprint density at radius 2 is 1.89 bits per heavy atom. The fourth-order valence-corrected chi connectivity index (χ4v) is 1.81. The van der Waals surface area contributed by atoms with Gasteiger partial charge in [-0.05, 0) is 42.3 Å². The zero-order chi connectivity index (χ0) is 14.3. The highest BCUT2D eigenvalue weighted by molar-refractivity contribution is 7.80. The highest BCUT2D eigenvalue weighted by Crippen LogP contribution is 2.14. The molecule has 0 saturated carbocycles. The Labute approximate surface area is 120 Å². The SMILES string of the molecule is CCCCNC(=S)NC(=O)c1ccc(C(C)C)cc1. The van der Waals surface area contributed by atoms with Crippen LogP contribution in [0, 0.1) is 0 Å². The molecule has 0 aliphatic carbocycles. The molecular formula is C15H22N2OS. The van der Waals surface area contributed by atoms with Gasteiger partial charge in [0.15, 0.2) is 5.11 Å². The van der Waals surface area contributed by atoms with Gasteiger partial charge in [-0.1, -0.05) is 39.3 Å². The van der Waals surface area contributed by atoms with Gasteiger partial charge in [-0.3, -0.25) is 10.1 Å². The van der Waals surface area contributed by atoms with Crippen LogP contribution in [-0.2, 0) is 0 Å². The summed E-state index contributed by atoms with van der Waals surface area (Å²) in [5, 5.41) is 6.09. The molecule has 0 bridgehead atoms. The summed E-state index contributed by atoms with van der Waals surface area (Å²) in [7, 11) is 0. The Kier molecular flexibility index (Phi) is 6.50. The van der Waals surface area contributed by atoms with E-state index in [1.54, 1.807) is 0 Å². The first-order valence-electron chi connectivity index (χ1n) is 6.73. The van der Waals surface area contributed by atoms with E-state index < -0.39 is 0 Å². The lowest BCUT2D eigenvalue weighted by Gasteiger charge is -2.10. The highest BCUT2D eigenvalue weighted by atomic mass is 32.1. The van der Waals surface area contributed by atoms with Gasteiger partial charge in [0.2, 0.25) is 0 Å². The first-order valence-corrected chi connectivity index (χ1v) is 7.14. The minimum absolute atomic E-state index is 0.163. The predicted molar refractivity (Wildman–Crippen MR) is 83.5 cm³/mol. The molecule has 3 nitrogen and oxygen atoms in total. The number of benzene rings is 1. The number of unbranched alkanes of at least 4 members (excludes halogenated alkanes) is 1. The van der Waals surface area contributed by atoms with Crippen LogP contribution in [-0.4, -0.2) is 17.6 Å². The number of carbonyl (C=O) groups excluding carboxylic acids is 1. The normalized spacial score (nSPS) is 10.3. The smallest absolute Gasteiger partial charge is 0.257 e. The maximum absolute atomic E-state index is 11.9. The van der Waals surface area contributed by atoms with Gasteiger partial charge in [0.1, 0.15) is 0 Å². The molecule has 0 aliphatic rings. The minimum atomic E-state index is -0.163. The van der Waals surface area contributed by atoms with Crippen LogP contribution in [0.25, 0.3) is 0 Å². The van der Waals surface area contributed by atoms with Crippen molar-refractivity contribution in [3.8, 4) is 0 Å². The first kappa shape index (κ1) is 15.6. The number of carbonyl (C=O) groups is 1. The molecule has 1 aromatic rings. The van der Waals surface area contributed by atoms with Crippen molar-refractivity contribution in [1.29, 1.82) is 0 Å². The second-order valence-corrected chi connectivity index (χ2v) is 5.25. The largest absolute Gasteiger partial charge is 0.362 e. The summed E-state index contributed by atoms with van der Waals surface area (Å²) in [5.41, 5.74) is 1.85. The Bertz CT molecular complexity index is 426. The molecular weight excluding hydrogens is 256 g/mol. The summed E-state index contributed by atoms with van der Waals surface area (Å²) in [6, 6.07) is 7.62. The molecule has 0 atom stereocenters. The quantitative estimate of drug-likeness (QED) is 0.642. The average Bonchev–Trinajstić information content (AvgIpc) is 2.39. The van der Waals surface area contributed by atoms with Crippen molar-refractivity contribution < 1.29 is 4.79 Å². The monoisotopic (exact) mass is 278 g/mol. The summed E-state index contributed by atoms with van der Waals surface area (Å²) in [6.45, 7) is 7.16. The molecule has 4 heteroatoms. The molecule has 104 valence electrons. The Balaban J connectivity index is 2.51. The van der Waals surface area contributed by atoms with Crippen LogP contribution in [0.2, 0.25) is 0 Å². The van der Waals surface area contributed by atoms with E-state index in [1.165, 1.54) is 5.56 Å². The summed E-state index contributed by atoms with van der Waals surface area (Å²) in [4.78, 5) is 11.9. The third-order valence-electron chi connectivity index (χ3n) is 2.88. The van der Waals surface area contributed by atoms with E-state index in [1.807, 2.05) is 24.3 Å². The second-order valence-electron chi connectivity index (χ2n) is 4.84. The molecule has 0 radical (unpaired) electrons. The maximum atomic E-state index is 11.9. The van der Waals surface area contributed by atoms with Crippen molar-refractivity contribution in [1.82, 2.24) is 10.6 Å². The van der Waals surface area contributed by atoms with Gasteiger partial charge in [-0.2, -0.15) is 0 Å². The number of thiocarbonyl (C=S) groups is 1. The fourth-order valence-electron chi connectivity index (χ4n) is 1.62. The minimum Gasteiger partial charge on any atom is -0.362 e. The molecule has 0 spiro atoms. The van der Waals surface area contributed by atoms with Crippen molar-refractivity contribution in [3.05, 3.63) is 35.4 Å². The van der Waals surface area contributed by atoms with Crippen molar-refractivity contribution in [2.45, 2.75) is 39.5 Å². The average molecular weight is 278 g/mol. The lowest BCUT2D eigenvalue weighted by Crippen LogP contribution is -2.39. The van der Waals surface area contributed by atoms with Crippen LogP contribution in [0.1, 0.15) is 55.5 Å². The van der Waals surface area contributed by atoms with Gasteiger partial charge in [0.05, 0.1) is 0 Å². The van der Waals surface area contributed by atoms with Crippen LogP contribution >= 0.6 is 12.2 Å². The molecule has 0 saturated heterocycles. The van der Waals surface area contributed by atoms with Crippen LogP contribution < -0.4 is 10.6 Å². The number of hydrogen-bond donors (Lipinski definition) is 2. The maximum Gasteiger partial charge on any atom is 0.257 e. The highest BCUT2D eigenvalue weighted by Gasteiger charge is 2.08. The van der Waals surface area contributed by atoms with E-state index in [2.05, 4.69) is 31.4 Å². The molecule has 2 N–H and O–H groups in total. The van der Waals surface area contributed by atoms with Crippen molar-refractivity contribution in [2.75, 3.05) is 6.54 Å². The predicted octanol–water partition coefficient (Wildman–Crippen LogP) is 3.21. The van der Waals surface area contributed by atoms with Gasteiger partial charge in [-0.25, -0.2) is 0 Å². The molecule has 0 fully saturated rings. The number of amides is 1. The van der Waals surface area contributed by atoms with Gasteiger partial charge >= 0.3 is 0 Å². The van der Waals surface area contributed by atoms with Gasteiger partial charge in [0.25, 0.3) is 5.91 Å².